The smallest absolute Gasteiger partial charge is 0.306 e. The molecule has 15 nitrogen and oxygen atoms in total. The second kappa shape index (κ2) is 24.4. The molecule has 0 saturated carbocycles. The zero-order valence-electron chi connectivity index (χ0n) is 52.1. The molecule has 7 aromatic carbocycles. The minimum Gasteiger partial charge on any atom is -0.497 e. The van der Waals surface area contributed by atoms with Crippen molar-refractivity contribution >= 4 is 84.6 Å². The second-order valence-electron chi connectivity index (χ2n) is 24.6. The number of allylic oxidation sites excluding steroid dienone is 7. The van der Waals surface area contributed by atoms with Gasteiger partial charge in [-0.2, -0.15) is 9.69 Å². The third-order valence-electron chi connectivity index (χ3n) is 18.2. The van der Waals surface area contributed by atoms with Gasteiger partial charge < -0.3 is 39.5 Å². The summed E-state index contributed by atoms with van der Waals surface area (Å²) in [7, 11) is 3.46. The van der Waals surface area contributed by atoms with Crippen molar-refractivity contribution in [3.63, 3.8) is 0 Å². The van der Waals surface area contributed by atoms with E-state index in [0.29, 0.717) is 37.6 Å². The molecule has 1 unspecified atom stereocenters. The summed E-state index contributed by atoms with van der Waals surface area (Å²) in [5, 5.41) is 29.4. The summed E-state index contributed by atoms with van der Waals surface area (Å²) in [5.74, 6) is 1.25. The molecule has 2 N–H and O–H groups in total. The third kappa shape index (κ3) is 11.3. The first kappa shape index (κ1) is 59.0. The van der Waals surface area contributed by atoms with Crippen LogP contribution in [0.1, 0.15) is 91.7 Å². The van der Waals surface area contributed by atoms with E-state index in [2.05, 4.69) is 137 Å². The van der Waals surface area contributed by atoms with Gasteiger partial charge >= 0.3 is 5.97 Å². The fraction of sp³-hybridized carbons (Fsp3) is 0.329. The van der Waals surface area contributed by atoms with Gasteiger partial charge in [0.2, 0.25) is 11.6 Å². The van der Waals surface area contributed by atoms with Gasteiger partial charge in [-0.15, -0.1) is 15.3 Å². The van der Waals surface area contributed by atoms with Crippen LogP contribution in [0.2, 0.25) is 0 Å². The lowest BCUT2D eigenvalue weighted by Crippen LogP contribution is -2.50. The van der Waals surface area contributed by atoms with Gasteiger partial charge in [-0.3, -0.25) is 9.59 Å². The summed E-state index contributed by atoms with van der Waals surface area (Å²) in [6.07, 6.45) is 12.4. The number of carbonyl (C=O) groups is 2. The molecular formula is C73H79N10O5+. The van der Waals surface area contributed by atoms with Crippen LogP contribution in [0.15, 0.2) is 201 Å². The number of methoxy groups -OCH3 is 2. The molecule has 0 radical (unpaired) electrons. The monoisotopic (exact) mass is 1180 g/mol. The molecule has 4 heterocycles. The molecule has 1 saturated heterocycles. The Hall–Kier alpha value is -9.37. The maximum atomic E-state index is 14.0. The first-order chi connectivity index (χ1) is 42.6. The van der Waals surface area contributed by atoms with Crippen LogP contribution in [0.5, 0.6) is 11.5 Å². The van der Waals surface area contributed by atoms with Gasteiger partial charge in [0.25, 0.3) is 0 Å². The number of piperazine rings is 1. The fourth-order valence-corrected chi connectivity index (χ4v) is 13.6. The summed E-state index contributed by atoms with van der Waals surface area (Å²) >= 11 is 0. The van der Waals surface area contributed by atoms with E-state index < -0.39 is 11.6 Å². The number of fused-ring (bicyclic) bond motifs is 3. The standard InChI is InChI=1S/C73H79N10O5/c1-10-82-63-35-29-51(86-8)45-56(63)71(3,4)65(82)37-27-48-19-17-20-49(28-38-66-72(5,6)57-46-52(87-9)30-36-64(57)83(66)11-2)70(48)81-43-41-80(42-44-81)67(84)39-40-68(85)88-47-73(7)74-61-26-18-25-55-60(33-34-62(75-73)69(55)61)79-78-59-32-31-58(53-23-15-16-24-54(53)59)77-76-50-21-13-12-14-22-50/h12-16,18,21-38,45-46,74-75H,10-11,17,19-20,39-44,47H2,1-9H3/q+1/b77-76+,79-78+. The lowest BCUT2D eigenvalue weighted by atomic mass is 9.80. The highest BCUT2D eigenvalue weighted by Gasteiger charge is 2.45. The summed E-state index contributed by atoms with van der Waals surface area (Å²) in [5.41, 5.74) is 14.7. The predicted octanol–water partition coefficient (Wildman–Crippen LogP) is 16.6. The molecule has 0 bridgehead atoms. The van der Waals surface area contributed by atoms with Crippen molar-refractivity contribution in [3.8, 4) is 11.5 Å². The van der Waals surface area contributed by atoms with E-state index in [1.807, 2.05) is 109 Å². The number of azo groups is 2. The summed E-state index contributed by atoms with van der Waals surface area (Å²) in [4.78, 5) is 34.4. The lowest BCUT2D eigenvalue weighted by Gasteiger charge is -2.40. The van der Waals surface area contributed by atoms with Gasteiger partial charge in [-0.25, -0.2) is 0 Å². The summed E-state index contributed by atoms with van der Waals surface area (Å²) in [6.45, 7) is 19.8. The van der Waals surface area contributed by atoms with E-state index in [9.17, 15) is 9.59 Å². The molecular weight excluding hydrogens is 1100 g/mol. The topological polar surface area (TPSA) is 148 Å². The Morgan fingerprint density at radius 2 is 1.27 bits per heavy atom. The Bertz CT molecular complexity index is 4100. The van der Waals surface area contributed by atoms with Gasteiger partial charge in [0, 0.05) is 112 Å². The van der Waals surface area contributed by atoms with Crippen molar-refractivity contribution in [1.29, 1.82) is 0 Å². The molecule has 5 aliphatic rings. The summed E-state index contributed by atoms with van der Waals surface area (Å²) in [6, 6.07) is 44.3. The molecule has 0 aromatic heterocycles. The van der Waals surface area contributed by atoms with Crippen LogP contribution < -0.4 is 25.0 Å². The lowest BCUT2D eigenvalue weighted by molar-refractivity contribution is -0.433. The molecule has 12 rings (SSSR count). The van der Waals surface area contributed by atoms with Crippen LogP contribution in [0, 0.1) is 0 Å². The van der Waals surface area contributed by atoms with Gasteiger partial charge in [-0.1, -0.05) is 80.6 Å². The molecule has 4 aliphatic heterocycles. The predicted molar refractivity (Wildman–Crippen MR) is 353 cm³/mol. The second-order valence-corrected chi connectivity index (χ2v) is 24.6. The van der Waals surface area contributed by atoms with Gasteiger partial charge in [-0.05, 0) is 149 Å². The largest absolute Gasteiger partial charge is 0.497 e. The van der Waals surface area contributed by atoms with Crippen LogP contribution >= 0.6 is 0 Å². The first-order valence-electron chi connectivity index (χ1n) is 30.9. The molecule has 1 amide bonds. The first-order valence-corrected chi connectivity index (χ1v) is 30.9. The Morgan fingerprint density at radius 3 is 1.97 bits per heavy atom. The fourth-order valence-electron chi connectivity index (χ4n) is 13.6. The number of nitrogens with one attached hydrogen (secondary N) is 2. The maximum Gasteiger partial charge on any atom is 0.306 e. The number of ether oxygens (including phenoxy) is 3. The normalized spacial score (nSPS) is 19.6. The number of rotatable bonds is 17. The molecule has 0 spiro atoms. The van der Waals surface area contributed by atoms with Crippen molar-refractivity contribution in [2.75, 3.05) is 75.6 Å². The van der Waals surface area contributed by atoms with Crippen LogP contribution in [-0.2, 0) is 25.2 Å². The minimum absolute atomic E-state index is 0.0184. The van der Waals surface area contributed by atoms with E-state index in [0.717, 1.165) is 88.1 Å². The van der Waals surface area contributed by atoms with E-state index in [1.54, 1.807) is 14.2 Å². The van der Waals surface area contributed by atoms with Gasteiger partial charge in [0.15, 0.2) is 5.71 Å². The summed E-state index contributed by atoms with van der Waals surface area (Å²) < 4.78 is 19.8. The van der Waals surface area contributed by atoms with Crippen molar-refractivity contribution in [2.24, 2.45) is 20.5 Å². The molecule has 88 heavy (non-hydrogen) atoms. The third-order valence-corrected chi connectivity index (χ3v) is 18.2. The van der Waals surface area contributed by atoms with E-state index in [1.165, 1.54) is 50.8 Å². The van der Waals surface area contributed by atoms with Crippen LogP contribution in [0.4, 0.5) is 45.5 Å². The van der Waals surface area contributed by atoms with Gasteiger partial charge in [0.1, 0.15) is 30.3 Å². The number of benzene rings is 7. The Kier molecular flexibility index (Phi) is 16.4. The molecule has 7 aromatic rings. The van der Waals surface area contributed by atoms with Crippen molar-refractivity contribution in [2.45, 2.75) is 97.1 Å². The van der Waals surface area contributed by atoms with Crippen LogP contribution in [0.3, 0.4) is 0 Å². The van der Waals surface area contributed by atoms with Crippen LogP contribution in [-0.4, -0.2) is 97.7 Å². The average Bonchev–Trinajstić information content (AvgIpc) is 2.12. The number of carbonyl (C=O) groups excluding carboxylic acids is 2. The maximum absolute atomic E-state index is 14.0. The van der Waals surface area contributed by atoms with Crippen molar-refractivity contribution < 1.29 is 28.4 Å². The Balaban J connectivity index is 0.712. The number of esters is 1. The SMILES string of the molecule is CCN1/C(=C/C=C2\CCCC(/C=C/C3=[N+](CC)c4ccc(OC)cc4C3(C)C)=C2N2CCN(C(=O)CCC(=O)OCC3(C)Nc4cccc5c(/N=N/c6ccc(/N=N/c7ccccc7)c7ccccc67)ccc(c45)N3)CC2)C(C)(C)c2cc(OC)ccc21. The van der Waals surface area contributed by atoms with E-state index in [4.69, 9.17) is 24.4 Å². The van der Waals surface area contributed by atoms with E-state index >= 15 is 0 Å². The minimum atomic E-state index is -0.827. The molecule has 450 valence electrons. The van der Waals surface area contributed by atoms with Crippen molar-refractivity contribution in [3.05, 3.63) is 191 Å². The molecule has 1 aliphatic carbocycles. The number of nitrogens with zero attached hydrogens (tertiary/aromatic N) is 8. The highest BCUT2D eigenvalue weighted by atomic mass is 16.5. The highest BCUT2D eigenvalue weighted by molar-refractivity contribution is 6.10. The molecule has 1 atom stereocenters. The Labute approximate surface area is 516 Å². The average molecular weight is 1180 g/mol. The van der Waals surface area contributed by atoms with Gasteiger partial charge in [0.05, 0.1) is 48.8 Å². The Morgan fingerprint density at radius 1 is 0.636 bits per heavy atom. The molecule has 15 heteroatoms. The zero-order chi connectivity index (χ0) is 61.3. The highest BCUT2D eigenvalue weighted by Crippen LogP contribution is 2.50. The van der Waals surface area contributed by atoms with Crippen molar-refractivity contribution in [1.82, 2.24) is 9.80 Å². The zero-order valence-corrected chi connectivity index (χ0v) is 52.1. The number of hydrogen-bond acceptors (Lipinski definition) is 13. The number of anilines is 3. The van der Waals surface area contributed by atoms with E-state index in [-0.39, 0.29) is 36.2 Å². The quantitative estimate of drug-likeness (QED) is 0.0516. The number of likely N-dealkylation sites (N-methyl/N-ethyl adjacent to an activating group) is 1. The number of hydrogen-bond donors (Lipinski definition) is 2. The number of amides is 1. The van der Waals surface area contributed by atoms with Crippen LogP contribution in [0.25, 0.3) is 21.5 Å². The molecule has 1 fully saturated rings.